The van der Waals surface area contributed by atoms with Crippen LogP contribution in [0.2, 0.25) is 0 Å². The first-order chi connectivity index (χ1) is 10.8. The van der Waals surface area contributed by atoms with Gasteiger partial charge in [-0.3, -0.25) is 4.79 Å². The number of imidazole rings is 1. The van der Waals surface area contributed by atoms with Gasteiger partial charge in [-0.2, -0.15) is 0 Å². The van der Waals surface area contributed by atoms with Crippen molar-refractivity contribution in [2.75, 3.05) is 19.8 Å². The fourth-order valence-electron chi connectivity index (χ4n) is 2.73. The third kappa shape index (κ3) is 3.45. The first kappa shape index (κ1) is 15.0. The number of hydrogen-bond acceptors (Lipinski definition) is 4. The Morgan fingerprint density at radius 2 is 2.36 bits per heavy atom. The fraction of sp³-hybridized carbons (Fsp3) is 0.500. The second kappa shape index (κ2) is 6.89. The van der Waals surface area contributed by atoms with Crippen molar-refractivity contribution in [1.29, 1.82) is 0 Å². The van der Waals surface area contributed by atoms with Crippen molar-refractivity contribution in [3.63, 3.8) is 0 Å². The molecule has 0 spiro atoms. The van der Waals surface area contributed by atoms with Crippen LogP contribution in [-0.2, 0) is 9.53 Å². The Labute approximate surface area is 129 Å². The molecular weight excluding hydrogens is 280 g/mol. The van der Waals surface area contributed by atoms with E-state index in [0.717, 1.165) is 29.8 Å². The number of fused-ring (bicyclic) bond motifs is 1. The standard InChI is InChI=1S/C16H22N4O2/c1-2-12(16-19-13-5-3-4-6-14(13)20-16)18-15(21)9-11-10-22-8-7-17-11/h3-6,11-12,17H,2,7-10H2,1H3,(H,18,21)(H,19,20). The molecule has 2 unspecified atom stereocenters. The van der Waals surface area contributed by atoms with Gasteiger partial charge in [0.15, 0.2) is 0 Å². The molecule has 0 radical (unpaired) electrons. The molecule has 1 aliphatic heterocycles. The van der Waals surface area contributed by atoms with E-state index in [0.29, 0.717) is 19.6 Å². The highest BCUT2D eigenvalue weighted by atomic mass is 16.5. The quantitative estimate of drug-likeness (QED) is 0.782. The van der Waals surface area contributed by atoms with Gasteiger partial charge in [0.1, 0.15) is 5.82 Å². The van der Waals surface area contributed by atoms with Crippen LogP contribution in [0, 0.1) is 0 Å². The highest BCUT2D eigenvalue weighted by Crippen LogP contribution is 2.18. The topological polar surface area (TPSA) is 79.0 Å². The molecule has 1 aliphatic rings. The van der Waals surface area contributed by atoms with E-state index in [9.17, 15) is 4.79 Å². The lowest BCUT2D eigenvalue weighted by Crippen LogP contribution is -2.44. The summed E-state index contributed by atoms with van der Waals surface area (Å²) in [6.45, 7) is 4.16. The predicted octanol–water partition coefficient (Wildman–Crippen LogP) is 1.51. The minimum Gasteiger partial charge on any atom is -0.378 e. The number of morpholine rings is 1. The summed E-state index contributed by atoms with van der Waals surface area (Å²) in [5.41, 5.74) is 1.92. The Hall–Kier alpha value is -1.92. The number of aromatic nitrogens is 2. The van der Waals surface area contributed by atoms with Crippen LogP contribution in [0.15, 0.2) is 24.3 Å². The van der Waals surface area contributed by atoms with Gasteiger partial charge >= 0.3 is 0 Å². The SMILES string of the molecule is CCC(NC(=O)CC1COCCN1)c1nc2ccccc2[nH]1. The molecule has 0 aliphatic carbocycles. The Morgan fingerprint density at radius 3 is 3.09 bits per heavy atom. The number of carbonyl (C=O) groups is 1. The molecule has 3 N–H and O–H groups in total. The second-order valence-corrected chi connectivity index (χ2v) is 5.60. The third-order valence-electron chi connectivity index (χ3n) is 3.91. The molecule has 1 saturated heterocycles. The normalized spacial score (nSPS) is 20.0. The molecule has 2 atom stereocenters. The first-order valence-corrected chi connectivity index (χ1v) is 7.81. The third-order valence-corrected chi connectivity index (χ3v) is 3.91. The molecule has 1 aromatic heterocycles. The van der Waals surface area contributed by atoms with E-state index in [-0.39, 0.29) is 18.0 Å². The molecular formula is C16H22N4O2. The molecule has 1 fully saturated rings. The van der Waals surface area contributed by atoms with E-state index >= 15 is 0 Å². The van der Waals surface area contributed by atoms with Gasteiger partial charge in [-0.25, -0.2) is 4.98 Å². The minimum absolute atomic E-state index is 0.0234. The molecule has 1 amide bonds. The molecule has 6 nitrogen and oxygen atoms in total. The number of H-pyrrole nitrogens is 1. The summed E-state index contributed by atoms with van der Waals surface area (Å²) in [6, 6.07) is 7.89. The summed E-state index contributed by atoms with van der Waals surface area (Å²) >= 11 is 0. The highest BCUT2D eigenvalue weighted by Gasteiger charge is 2.20. The van der Waals surface area contributed by atoms with E-state index < -0.39 is 0 Å². The number of nitrogens with one attached hydrogen (secondary N) is 3. The molecule has 0 bridgehead atoms. The molecule has 3 rings (SSSR count). The lowest BCUT2D eigenvalue weighted by atomic mass is 10.1. The summed E-state index contributed by atoms with van der Waals surface area (Å²) in [5, 5.41) is 6.36. The zero-order valence-corrected chi connectivity index (χ0v) is 12.8. The van der Waals surface area contributed by atoms with Crippen molar-refractivity contribution in [3.05, 3.63) is 30.1 Å². The first-order valence-electron chi connectivity index (χ1n) is 7.81. The number of amides is 1. The molecule has 118 valence electrons. The average molecular weight is 302 g/mol. The lowest BCUT2D eigenvalue weighted by Gasteiger charge is -2.24. The molecule has 22 heavy (non-hydrogen) atoms. The zero-order chi connectivity index (χ0) is 15.4. The van der Waals surface area contributed by atoms with Gasteiger partial charge in [0.05, 0.1) is 30.3 Å². The van der Waals surface area contributed by atoms with E-state index in [1.807, 2.05) is 31.2 Å². The van der Waals surface area contributed by atoms with Gasteiger partial charge in [-0.1, -0.05) is 19.1 Å². The molecule has 0 saturated carbocycles. The van der Waals surface area contributed by atoms with E-state index in [1.165, 1.54) is 0 Å². The number of aromatic amines is 1. The van der Waals surface area contributed by atoms with E-state index in [4.69, 9.17) is 4.74 Å². The van der Waals surface area contributed by atoms with Gasteiger partial charge < -0.3 is 20.4 Å². The Bertz CT molecular complexity index is 601. The second-order valence-electron chi connectivity index (χ2n) is 5.60. The summed E-state index contributed by atoms with van der Waals surface area (Å²) in [7, 11) is 0. The van der Waals surface area contributed by atoms with Crippen LogP contribution in [0.3, 0.4) is 0 Å². The zero-order valence-electron chi connectivity index (χ0n) is 12.8. The molecule has 2 heterocycles. The van der Waals surface area contributed by atoms with Gasteiger partial charge in [0, 0.05) is 19.0 Å². The van der Waals surface area contributed by atoms with Crippen molar-refractivity contribution in [2.24, 2.45) is 0 Å². The summed E-state index contributed by atoms with van der Waals surface area (Å²) < 4.78 is 5.38. The number of nitrogens with zero attached hydrogens (tertiary/aromatic N) is 1. The monoisotopic (exact) mass is 302 g/mol. The smallest absolute Gasteiger partial charge is 0.222 e. The van der Waals surface area contributed by atoms with Crippen LogP contribution < -0.4 is 10.6 Å². The van der Waals surface area contributed by atoms with Crippen LogP contribution in [0.5, 0.6) is 0 Å². The number of benzene rings is 1. The maximum atomic E-state index is 12.2. The van der Waals surface area contributed by atoms with Crippen molar-refractivity contribution in [1.82, 2.24) is 20.6 Å². The molecule has 6 heteroatoms. The summed E-state index contributed by atoms with van der Waals surface area (Å²) in [5.74, 6) is 0.834. The van der Waals surface area contributed by atoms with Crippen molar-refractivity contribution >= 4 is 16.9 Å². The van der Waals surface area contributed by atoms with Crippen molar-refractivity contribution in [2.45, 2.75) is 31.8 Å². The minimum atomic E-state index is -0.0931. The Morgan fingerprint density at radius 1 is 1.50 bits per heavy atom. The Kier molecular flexibility index (Phi) is 4.70. The average Bonchev–Trinajstić information content (AvgIpc) is 2.97. The van der Waals surface area contributed by atoms with Crippen LogP contribution in [0.25, 0.3) is 11.0 Å². The lowest BCUT2D eigenvalue weighted by molar-refractivity contribution is -0.123. The van der Waals surface area contributed by atoms with E-state index in [1.54, 1.807) is 0 Å². The summed E-state index contributed by atoms with van der Waals surface area (Å²) in [4.78, 5) is 20.1. The largest absolute Gasteiger partial charge is 0.378 e. The maximum absolute atomic E-state index is 12.2. The van der Waals surface area contributed by atoms with Crippen LogP contribution in [-0.4, -0.2) is 41.7 Å². The van der Waals surface area contributed by atoms with Crippen LogP contribution in [0.4, 0.5) is 0 Å². The van der Waals surface area contributed by atoms with E-state index in [2.05, 4.69) is 20.6 Å². The predicted molar refractivity (Wildman–Crippen MR) is 84.5 cm³/mol. The van der Waals surface area contributed by atoms with Gasteiger partial charge in [-0.05, 0) is 18.6 Å². The van der Waals surface area contributed by atoms with Gasteiger partial charge in [-0.15, -0.1) is 0 Å². The Balaban J connectivity index is 1.64. The number of rotatable bonds is 5. The number of ether oxygens (including phenoxy) is 1. The van der Waals surface area contributed by atoms with Crippen molar-refractivity contribution < 1.29 is 9.53 Å². The van der Waals surface area contributed by atoms with Crippen molar-refractivity contribution in [3.8, 4) is 0 Å². The summed E-state index contributed by atoms with van der Waals surface area (Å²) in [6.07, 6.45) is 1.22. The maximum Gasteiger partial charge on any atom is 0.222 e. The number of para-hydroxylation sites is 2. The van der Waals surface area contributed by atoms with Gasteiger partial charge in [0.2, 0.25) is 5.91 Å². The molecule has 1 aromatic carbocycles. The van der Waals surface area contributed by atoms with Crippen LogP contribution in [0.1, 0.15) is 31.6 Å². The number of hydrogen-bond donors (Lipinski definition) is 3. The van der Waals surface area contributed by atoms with Crippen LogP contribution >= 0.6 is 0 Å². The fourth-order valence-corrected chi connectivity index (χ4v) is 2.73. The molecule has 2 aromatic rings. The van der Waals surface area contributed by atoms with Gasteiger partial charge in [0.25, 0.3) is 0 Å². The highest BCUT2D eigenvalue weighted by molar-refractivity contribution is 5.78. The number of carbonyl (C=O) groups excluding carboxylic acids is 1.